The van der Waals surface area contributed by atoms with Crippen LogP contribution in [0.1, 0.15) is 0 Å². The van der Waals surface area contributed by atoms with Gasteiger partial charge in [0.25, 0.3) is 0 Å². The summed E-state index contributed by atoms with van der Waals surface area (Å²) in [4.78, 5) is 10.1. The summed E-state index contributed by atoms with van der Waals surface area (Å²) in [6.07, 6.45) is 0. The Hall–Kier alpha value is -6.78. The quantitative estimate of drug-likeness (QED) is 0.188. The van der Waals surface area contributed by atoms with Crippen LogP contribution in [0.15, 0.2) is 179 Å². The van der Waals surface area contributed by atoms with Crippen molar-refractivity contribution in [3.63, 3.8) is 0 Å². The van der Waals surface area contributed by atoms with Crippen LogP contribution in [0.4, 0.5) is 0 Å². The molecule has 0 atom stereocenters. The minimum Gasteiger partial charge on any atom is -0.456 e. The first-order valence-corrected chi connectivity index (χ1v) is 16.7. The van der Waals surface area contributed by atoms with Gasteiger partial charge in [-0.3, -0.25) is 0 Å². The molecule has 7 aromatic carbocycles. The lowest BCUT2D eigenvalue weighted by Crippen LogP contribution is -1.95. The van der Waals surface area contributed by atoms with E-state index in [1.54, 1.807) is 0 Å². The Bertz CT molecular complexity index is 2850. The van der Waals surface area contributed by atoms with Crippen molar-refractivity contribution in [2.24, 2.45) is 0 Å². The van der Waals surface area contributed by atoms with Crippen LogP contribution in [0.25, 0.3) is 100 Å². The fourth-order valence-corrected chi connectivity index (χ4v) is 7.09. The van der Waals surface area contributed by atoms with Gasteiger partial charge in [0, 0.05) is 43.8 Å². The average molecular weight is 641 g/mol. The summed E-state index contributed by atoms with van der Waals surface area (Å²) in [5.41, 5.74) is 12.5. The van der Waals surface area contributed by atoms with E-state index in [1.807, 2.05) is 48.5 Å². The van der Waals surface area contributed by atoms with Crippen molar-refractivity contribution >= 4 is 43.9 Å². The Morgan fingerprint density at radius 1 is 0.340 bits per heavy atom. The van der Waals surface area contributed by atoms with Crippen LogP contribution in [0.2, 0.25) is 0 Å². The molecule has 10 aromatic rings. The number of rotatable bonds is 5. The minimum atomic E-state index is 0.678. The second-order valence-electron chi connectivity index (χ2n) is 12.5. The van der Waals surface area contributed by atoms with Crippen LogP contribution in [0.3, 0.4) is 0 Å². The van der Waals surface area contributed by atoms with Gasteiger partial charge in [-0.15, -0.1) is 0 Å². The van der Waals surface area contributed by atoms with E-state index in [0.29, 0.717) is 5.82 Å². The lowest BCUT2D eigenvalue weighted by Gasteiger charge is -2.10. The molecule has 0 N–H and O–H groups in total. The van der Waals surface area contributed by atoms with Crippen molar-refractivity contribution in [2.75, 3.05) is 0 Å². The predicted octanol–water partition coefficient (Wildman–Crippen LogP) is 12.6. The van der Waals surface area contributed by atoms with Crippen molar-refractivity contribution < 1.29 is 8.83 Å². The molecule has 50 heavy (non-hydrogen) atoms. The van der Waals surface area contributed by atoms with Gasteiger partial charge in [0.05, 0.1) is 11.4 Å². The molecule has 3 heterocycles. The van der Waals surface area contributed by atoms with Gasteiger partial charge in [0.15, 0.2) is 5.82 Å². The number of furan rings is 2. The van der Waals surface area contributed by atoms with Crippen molar-refractivity contribution in [2.45, 2.75) is 0 Å². The number of fused-ring (bicyclic) bond motifs is 6. The van der Waals surface area contributed by atoms with Crippen molar-refractivity contribution in [3.8, 4) is 56.2 Å². The molecular formula is C46H28N2O2. The van der Waals surface area contributed by atoms with E-state index in [9.17, 15) is 0 Å². The number of aromatic nitrogens is 2. The molecule has 0 spiro atoms. The van der Waals surface area contributed by atoms with Crippen molar-refractivity contribution in [1.82, 2.24) is 9.97 Å². The molecule has 0 unspecified atom stereocenters. The maximum absolute atomic E-state index is 6.75. The molecule has 0 aliphatic heterocycles. The molecule has 0 saturated heterocycles. The van der Waals surface area contributed by atoms with E-state index in [0.717, 1.165) is 83.1 Å². The van der Waals surface area contributed by atoms with Gasteiger partial charge in [-0.2, -0.15) is 0 Å². The SMILES string of the molecule is c1ccc(-c2ccc(-c3cc(-c4ccc5c(c4)oc4c(-c6cccc7oc8ccccc8c67)cccc45)nc(-c4ccccc4)n3)cc2)cc1. The third kappa shape index (κ3) is 4.69. The minimum absolute atomic E-state index is 0.678. The Morgan fingerprint density at radius 3 is 1.76 bits per heavy atom. The fraction of sp³-hybridized carbons (Fsp3) is 0. The van der Waals surface area contributed by atoms with Gasteiger partial charge < -0.3 is 8.83 Å². The smallest absolute Gasteiger partial charge is 0.160 e. The predicted molar refractivity (Wildman–Crippen MR) is 204 cm³/mol. The lowest BCUT2D eigenvalue weighted by molar-refractivity contribution is 0.668. The first kappa shape index (κ1) is 28.3. The van der Waals surface area contributed by atoms with E-state index in [4.69, 9.17) is 18.8 Å². The van der Waals surface area contributed by atoms with Gasteiger partial charge in [0.2, 0.25) is 0 Å². The molecule has 4 nitrogen and oxygen atoms in total. The van der Waals surface area contributed by atoms with Gasteiger partial charge in [-0.1, -0.05) is 140 Å². The Morgan fingerprint density at radius 2 is 0.940 bits per heavy atom. The summed E-state index contributed by atoms with van der Waals surface area (Å²) in [6.45, 7) is 0. The zero-order chi connectivity index (χ0) is 33.0. The highest BCUT2D eigenvalue weighted by molar-refractivity contribution is 6.17. The molecular weight excluding hydrogens is 613 g/mol. The van der Waals surface area contributed by atoms with Gasteiger partial charge in [-0.05, 0) is 47.0 Å². The first-order chi connectivity index (χ1) is 24.8. The Kier molecular flexibility index (Phi) is 6.46. The van der Waals surface area contributed by atoms with Crippen LogP contribution >= 0.6 is 0 Å². The molecule has 0 aliphatic rings. The van der Waals surface area contributed by atoms with E-state index in [2.05, 4.69) is 121 Å². The highest BCUT2D eigenvalue weighted by Crippen LogP contribution is 2.42. The summed E-state index contributed by atoms with van der Waals surface area (Å²) in [6, 6.07) is 58.4. The van der Waals surface area contributed by atoms with Gasteiger partial charge in [-0.25, -0.2) is 9.97 Å². The maximum atomic E-state index is 6.75. The van der Waals surface area contributed by atoms with E-state index >= 15 is 0 Å². The second-order valence-corrected chi connectivity index (χ2v) is 12.5. The molecule has 4 heteroatoms. The molecule has 0 saturated carbocycles. The molecule has 234 valence electrons. The zero-order valence-electron chi connectivity index (χ0n) is 26.9. The number of benzene rings is 7. The van der Waals surface area contributed by atoms with Crippen LogP contribution in [0, 0.1) is 0 Å². The number of hydrogen-bond acceptors (Lipinski definition) is 4. The molecule has 0 radical (unpaired) electrons. The van der Waals surface area contributed by atoms with Gasteiger partial charge >= 0.3 is 0 Å². The van der Waals surface area contributed by atoms with Crippen LogP contribution in [-0.2, 0) is 0 Å². The van der Waals surface area contributed by atoms with Crippen molar-refractivity contribution in [1.29, 1.82) is 0 Å². The summed E-state index contributed by atoms with van der Waals surface area (Å²) in [7, 11) is 0. The van der Waals surface area contributed by atoms with Crippen LogP contribution in [0.5, 0.6) is 0 Å². The van der Waals surface area contributed by atoms with Crippen LogP contribution in [-0.4, -0.2) is 9.97 Å². The summed E-state index contributed by atoms with van der Waals surface area (Å²) >= 11 is 0. The van der Waals surface area contributed by atoms with Gasteiger partial charge in [0.1, 0.15) is 22.3 Å². The summed E-state index contributed by atoms with van der Waals surface area (Å²) in [5, 5.41) is 4.32. The Labute approximate surface area is 287 Å². The molecule has 3 aromatic heterocycles. The highest BCUT2D eigenvalue weighted by Gasteiger charge is 2.18. The number of nitrogens with zero attached hydrogens (tertiary/aromatic N) is 2. The monoisotopic (exact) mass is 640 g/mol. The molecule has 0 amide bonds. The van der Waals surface area contributed by atoms with E-state index in [-0.39, 0.29) is 0 Å². The average Bonchev–Trinajstić information content (AvgIpc) is 3.77. The fourth-order valence-electron chi connectivity index (χ4n) is 7.09. The topological polar surface area (TPSA) is 52.1 Å². The molecule has 0 bridgehead atoms. The van der Waals surface area contributed by atoms with E-state index < -0.39 is 0 Å². The lowest BCUT2D eigenvalue weighted by atomic mass is 9.97. The molecule has 10 rings (SSSR count). The van der Waals surface area contributed by atoms with E-state index in [1.165, 1.54) is 11.1 Å². The summed E-state index contributed by atoms with van der Waals surface area (Å²) < 4.78 is 13.0. The highest BCUT2D eigenvalue weighted by atomic mass is 16.3. The Balaban J connectivity index is 1.11. The normalized spacial score (nSPS) is 11.6. The largest absolute Gasteiger partial charge is 0.456 e. The summed E-state index contributed by atoms with van der Waals surface area (Å²) in [5.74, 6) is 0.678. The third-order valence-electron chi connectivity index (χ3n) is 9.53. The molecule has 0 fully saturated rings. The zero-order valence-corrected chi connectivity index (χ0v) is 26.9. The number of hydrogen-bond donors (Lipinski definition) is 0. The third-order valence-corrected chi connectivity index (χ3v) is 9.53. The second kappa shape index (κ2) is 11.4. The van der Waals surface area contributed by atoms with Crippen LogP contribution < -0.4 is 0 Å². The first-order valence-electron chi connectivity index (χ1n) is 16.7. The maximum Gasteiger partial charge on any atom is 0.160 e. The number of para-hydroxylation sites is 2. The van der Waals surface area contributed by atoms with Crippen molar-refractivity contribution in [3.05, 3.63) is 170 Å². The molecule has 0 aliphatic carbocycles. The standard InChI is InChI=1S/C46H28N2O2/c1-3-11-29(12-4-1)30-21-23-31(24-22-30)39-28-40(48-46(47-39)32-13-5-2-6-14-32)33-25-26-34-36-17-9-18-37(45(36)50-43(34)27-33)35-16-10-20-42-44(35)38-15-7-8-19-41(38)49-42/h1-28H.